The molecule has 4 heteroatoms. The van der Waals surface area contributed by atoms with Crippen molar-refractivity contribution >= 4 is 27.4 Å². The summed E-state index contributed by atoms with van der Waals surface area (Å²) < 4.78 is 1.09. The Hall–Kier alpha value is -2.12. The molecule has 0 unspecified atom stereocenters. The summed E-state index contributed by atoms with van der Waals surface area (Å²) in [5.74, 6) is 0.0179. The van der Waals surface area contributed by atoms with Crippen LogP contribution in [0.3, 0.4) is 0 Å². The number of nitrogens with zero attached hydrogens (tertiary/aromatic N) is 2. The molecule has 1 aliphatic heterocycles. The summed E-state index contributed by atoms with van der Waals surface area (Å²) in [6.07, 6.45) is 0.934. The quantitative estimate of drug-likeness (QED) is 0.763. The molecule has 0 spiro atoms. The van der Waals surface area contributed by atoms with Crippen molar-refractivity contribution in [2.75, 3.05) is 11.4 Å². The van der Waals surface area contributed by atoms with Crippen LogP contribution < -0.4 is 4.90 Å². The predicted molar refractivity (Wildman–Crippen MR) is 90.1 cm³/mol. The molecule has 0 bridgehead atoms. The Bertz CT molecular complexity index is 792. The van der Waals surface area contributed by atoms with Crippen molar-refractivity contribution in [3.63, 3.8) is 0 Å². The minimum absolute atomic E-state index is 0.0179. The van der Waals surface area contributed by atoms with Crippen LogP contribution in [-0.2, 0) is 13.0 Å². The number of benzene rings is 2. The third kappa shape index (κ3) is 2.65. The van der Waals surface area contributed by atoms with Crippen LogP contribution in [0, 0.1) is 11.3 Å². The van der Waals surface area contributed by atoms with E-state index in [1.165, 1.54) is 11.1 Å². The Kier molecular flexibility index (Phi) is 4.00. The van der Waals surface area contributed by atoms with Crippen LogP contribution in [0.25, 0.3) is 0 Å². The first kappa shape index (κ1) is 14.8. The Morgan fingerprint density at radius 3 is 2.86 bits per heavy atom. The zero-order valence-corrected chi connectivity index (χ0v) is 13.9. The lowest BCUT2D eigenvalue weighted by Crippen LogP contribution is -2.31. The average molecular weight is 355 g/mol. The molecular formula is C18H15BrN2O. The van der Waals surface area contributed by atoms with Gasteiger partial charge in [0.2, 0.25) is 0 Å². The van der Waals surface area contributed by atoms with Crippen LogP contribution >= 0.6 is 15.9 Å². The van der Waals surface area contributed by atoms with Crippen molar-refractivity contribution in [2.45, 2.75) is 19.9 Å². The molecule has 0 saturated heterocycles. The molecule has 0 amide bonds. The zero-order valence-electron chi connectivity index (χ0n) is 12.3. The van der Waals surface area contributed by atoms with E-state index in [0.717, 1.165) is 29.7 Å². The molecule has 0 radical (unpaired) electrons. The maximum Gasteiger partial charge on any atom is 0.159 e. The summed E-state index contributed by atoms with van der Waals surface area (Å²) >= 11 is 3.61. The van der Waals surface area contributed by atoms with Crippen LogP contribution in [0.5, 0.6) is 0 Å². The molecule has 22 heavy (non-hydrogen) atoms. The van der Waals surface area contributed by atoms with E-state index < -0.39 is 0 Å². The van der Waals surface area contributed by atoms with Gasteiger partial charge < -0.3 is 4.90 Å². The Morgan fingerprint density at radius 2 is 2.14 bits per heavy atom. The Morgan fingerprint density at radius 1 is 1.32 bits per heavy atom. The fraction of sp³-hybridized carbons (Fsp3) is 0.222. The van der Waals surface area contributed by atoms with E-state index in [1.54, 1.807) is 19.1 Å². The van der Waals surface area contributed by atoms with E-state index in [4.69, 9.17) is 0 Å². The Balaban J connectivity index is 2.02. The SMILES string of the molecule is CC(=O)c1ccc(C#N)c(N2CCc3cccc(Br)c3C2)c1. The van der Waals surface area contributed by atoms with Crippen molar-refractivity contribution < 1.29 is 4.79 Å². The number of ketones is 1. The minimum Gasteiger partial charge on any atom is -0.366 e. The highest BCUT2D eigenvalue weighted by molar-refractivity contribution is 9.10. The van der Waals surface area contributed by atoms with E-state index in [2.05, 4.69) is 39.0 Å². The zero-order chi connectivity index (χ0) is 15.7. The predicted octanol–water partition coefficient (Wildman–Crippen LogP) is 4.09. The maximum absolute atomic E-state index is 11.6. The van der Waals surface area contributed by atoms with Crippen LogP contribution in [-0.4, -0.2) is 12.3 Å². The molecule has 0 saturated carbocycles. The molecule has 2 aromatic rings. The fourth-order valence-corrected chi connectivity index (χ4v) is 3.39. The number of nitriles is 1. The third-order valence-corrected chi connectivity index (χ3v) is 4.82. The number of Topliss-reactive ketones (excluding diaryl/α,β-unsaturated/α-hetero) is 1. The van der Waals surface area contributed by atoms with E-state index in [1.807, 2.05) is 12.1 Å². The van der Waals surface area contributed by atoms with Gasteiger partial charge in [-0.25, -0.2) is 0 Å². The van der Waals surface area contributed by atoms with E-state index in [9.17, 15) is 10.1 Å². The van der Waals surface area contributed by atoms with Crippen LogP contribution in [0.4, 0.5) is 5.69 Å². The molecule has 0 atom stereocenters. The molecule has 0 N–H and O–H groups in total. The number of carbonyl (C=O) groups is 1. The number of fused-ring (bicyclic) bond motifs is 1. The van der Waals surface area contributed by atoms with Gasteiger partial charge in [0, 0.05) is 23.1 Å². The molecule has 0 aliphatic carbocycles. The van der Waals surface area contributed by atoms with Gasteiger partial charge in [0.1, 0.15) is 6.07 Å². The summed E-state index contributed by atoms with van der Waals surface area (Å²) in [6.45, 7) is 3.14. The monoisotopic (exact) mass is 354 g/mol. The molecule has 0 aromatic heterocycles. The fourth-order valence-electron chi connectivity index (χ4n) is 2.85. The first-order valence-electron chi connectivity index (χ1n) is 7.16. The summed E-state index contributed by atoms with van der Waals surface area (Å²) in [4.78, 5) is 13.8. The minimum atomic E-state index is 0.0179. The van der Waals surface area contributed by atoms with Crippen molar-refractivity contribution in [1.82, 2.24) is 0 Å². The summed E-state index contributed by atoms with van der Waals surface area (Å²) in [5, 5.41) is 9.36. The van der Waals surface area contributed by atoms with Gasteiger partial charge in [0.05, 0.1) is 11.3 Å². The highest BCUT2D eigenvalue weighted by Gasteiger charge is 2.21. The van der Waals surface area contributed by atoms with Crippen LogP contribution in [0.2, 0.25) is 0 Å². The second-order valence-corrected chi connectivity index (χ2v) is 6.30. The molecule has 0 fully saturated rings. The third-order valence-electron chi connectivity index (χ3n) is 4.08. The van der Waals surface area contributed by atoms with E-state index >= 15 is 0 Å². The van der Waals surface area contributed by atoms with Gasteiger partial charge in [-0.15, -0.1) is 0 Å². The summed E-state index contributed by atoms with van der Waals surface area (Å²) in [7, 11) is 0. The molecule has 3 rings (SSSR count). The highest BCUT2D eigenvalue weighted by atomic mass is 79.9. The maximum atomic E-state index is 11.6. The topological polar surface area (TPSA) is 44.1 Å². The lowest BCUT2D eigenvalue weighted by Gasteiger charge is -2.32. The van der Waals surface area contributed by atoms with Gasteiger partial charge in [-0.1, -0.05) is 28.1 Å². The Labute approximate surface area is 138 Å². The number of carbonyl (C=O) groups excluding carboxylic acids is 1. The van der Waals surface area contributed by atoms with Gasteiger partial charge in [0.25, 0.3) is 0 Å². The number of rotatable bonds is 2. The lowest BCUT2D eigenvalue weighted by atomic mass is 9.98. The van der Waals surface area contributed by atoms with E-state index in [-0.39, 0.29) is 5.78 Å². The first-order valence-corrected chi connectivity index (χ1v) is 7.95. The standard InChI is InChI=1S/C18H15BrN2O/c1-12(22)14-5-6-15(10-20)18(9-14)21-8-7-13-3-2-4-17(19)16(13)11-21/h2-6,9H,7-8,11H2,1H3. The van der Waals surface area contributed by atoms with Crippen LogP contribution in [0.15, 0.2) is 40.9 Å². The van der Waals surface area contributed by atoms with Gasteiger partial charge >= 0.3 is 0 Å². The van der Waals surface area contributed by atoms with Crippen LogP contribution in [0.1, 0.15) is 34.0 Å². The molecule has 3 nitrogen and oxygen atoms in total. The second-order valence-electron chi connectivity index (χ2n) is 5.45. The molecular weight excluding hydrogens is 340 g/mol. The van der Waals surface area contributed by atoms with Crippen molar-refractivity contribution in [2.24, 2.45) is 0 Å². The van der Waals surface area contributed by atoms with Crippen molar-refractivity contribution in [3.8, 4) is 6.07 Å². The largest absolute Gasteiger partial charge is 0.366 e. The second kappa shape index (κ2) is 5.94. The van der Waals surface area contributed by atoms with E-state index in [0.29, 0.717) is 11.1 Å². The van der Waals surface area contributed by atoms with Gasteiger partial charge in [-0.2, -0.15) is 5.26 Å². The highest BCUT2D eigenvalue weighted by Crippen LogP contribution is 2.31. The molecule has 2 aromatic carbocycles. The van der Waals surface area contributed by atoms with Crippen molar-refractivity contribution in [1.29, 1.82) is 5.26 Å². The number of halogens is 1. The first-order chi connectivity index (χ1) is 10.6. The summed E-state index contributed by atoms with van der Waals surface area (Å²) in [6, 6.07) is 13.8. The van der Waals surface area contributed by atoms with Gasteiger partial charge in [-0.3, -0.25) is 4.79 Å². The lowest BCUT2D eigenvalue weighted by molar-refractivity contribution is 0.101. The van der Waals surface area contributed by atoms with Gasteiger partial charge in [-0.05, 0) is 48.7 Å². The average Bonchev–Trinajstić information content (AvgIpc) is 2.54. The smallest absolute Gasteiger partial charge is 0.159 e. The number of anilines is 1. The normalized spacial score (nSPS) is 13.4. The molecule has 1 heterocycles. The number of hydrogen-bond donors (Lipinski definition) is 0. The van der Waals surface area contributed by atoms with Gasteiger partial charge in [0.15, 0.2) is 5.78 Å². The van der Waals surface area contributed by atoms with Crippen molar-refractivity contribution in [3.05, 3.63) is 63.1 Å². The molecule has 1 aliphatic rings. The number of hydrogen-bond acceptors (Lipinski definition) is 3. The molecule has 110 valence electrons. The summed E-state index contributed by atoms with van der Waals surface area (Å²) in [5.41, 5.74) is 4.70.